The van der Waals surface area contributed by atoms with E-state index in [0.29, 0.717) is 16.3 Å². The summed E-state index contributed by atoms with van der Waals surface area (Å²) in [7, 11) is -1.89. The van der Waals surface area contributed by atoms with Gasteiger partial charge in [-0.05, 0) is 37.5 Å². The first-order valence-electron chi connectivity index (χ1n) is 6.37. The van der Waals surface area contributed by atoms with Crippen molar-refractivity contribution in [1.82, 2.24) is 4.31 Å². The molecule has 2 rings (SSSR count). The third-order valence-corrected chi connectivity index (χ3v) is 6.12. The minimum absolute atomic E-state index is 0.0876. The van der Waals surface area contributed by atoms with Crippen molar-refractivity contribution in [3.63, 3.8) is 0 Å². The van der Waals surface area contributed by atoms with Crippen LogP contribution in [0.5, 0.6) is 0 Å². The number of benzene rings is 1. The van der Waals surface area contributed by atoms with Crippen molar-refractivity contribution in [2.24, 2.45) is 0 Å². The van der Waals surface area contributed by atoms with Crippen molar-refractivity contribution < 1.29 is 8.42 Å². The summed E-state index contributed by atoms with van der Waals surface area (Å²) in [6.45, 7) is 1.71. The molecule has 0 saturated heterocycles. The third-order valence-electron chi connectivity index (χ3n) is 3.86. The van der Waals surface area contributed by atoms with E-state index in [1.807, 2.05) is 0 Å². The molecule has 1 saturated carbocycles. The molecule has 6 heteroatoms. The Morgan fingerprint density at radius 2 is 1.89 bits per heavy atom. The molecule has 1 aromatic carbocycles. The molecule has 0 aromatic heterocycles. The van der Waals surface area contributed by atoms with E-state index in [4.69, 9.17) is 17.3 Å². The second kappa shape index (κ2) is 5.31. The van der Waals surface area contributed by atoms with Crippen LogP contribution in [-0.2, 0) is 10.0 Å². The fraction of sp³-hybridized carbons (Fsp3) is 0.538. The lowest BCUT2D eigenvalue weighted by Crippen LogP contribution is -2.35. The van der Waals surface area contributed by atoms with Crippen LogP contribution in [0.3, 0.4) is 0 Å². The molecule has 0 spiro atoms. The zero-order valence-electron chi connectivity index (χ0n) is 11.2. The Labute approximate surface area is 119 Å². The number of halogens is 1. The van der Waals surface area contributed by atoms with Gasteiger partial charge in [0, 0.05) is 23.8 Å². The molecular weight excluding hydrogens is 284 g/mol. The number of anilines is 1. The van der Waals surface area contributed by atoms with Crippen LogP contribution in [-0.4, -0.2) is 25.8 Å². The Morgan fingerprint density at radius 3 is 2.47 bits per heavy atom. The lowest BCUT2D eigenvalue weighted by molar-refractivity contribution is 0.373. The lowest BCUT2D eigenvalue weighted by atomic mass is 10.2. The van der Waals surface area contributed by atoms with Crippen LogP contribution < -0.4 is 5.73 Å². The van der Waals surface area contributed by atoms with Gasteiger partial charge < -0.3 is 5.73 Å². The molecule has 0 radical (unpaired) electrons. The van der Waals surface area contributed by atoms with Crippen molar-refractivity contribution in [3.8, 4) is 0 Å². The molecule has 1 aliphatic rings. The van der Waals surface area contributed by atoms with Gasteiger partial charge in [0.15, 0.2) is 0 Å². The van der Waals surface area contributed by atoms with Gasteiger partial charge in [-0.3, -0.25) is 0 Å². The van der Waals surface area contributed by atoms with Gasteiger partial charge in [0.05, 0.1) is 4.90 Å². The number of sulfonamides is 1. The Hall–Kier alpha value is -0.780. The monoisotopic (exact) mass is 302 g/mol. The fourth-order valence-corrected chi connectivity index (χ4v) is 4.55. The maximum Gasteiger partial charge on any atom is 0.243 e. The van der Waals surface area contributed by atoms with Crippen LogP contribution in [0, 0.1) is 6.92 Å². The highest BCUT2D eigenvalue weighted by Crippen LogP contribution is 2.31. The number of rotatable bonds is 3. The molecule has 0 unspecified atom stereocenters. The van der Waals surface area contributed by atoms with E-state index in [1.54, 1.807) is 20.0 Å². The van der Waals surface area contributed by atoms with Crippen molar-refractivity contribution in [1.29, 1.82) is 0 Å². The predicted molar refractivity (Wildman–Crippen MR) is 77.8 cm³/mol. The van der Waals surface area contributed by atoms with E-state index in [-0.39, 0.29) is 10.9 Å². The average Bonchev–Trinajstić information content (AvgIpc) is 2.86. The summed E-state index contributed by atoms with van der Waals surface area (Å²) in [5.41, 5.74) is 6.78. The summed E-state index contributed by atoms with van der Waals surface area (Å²) < 4.78 is 26.8. The number of nitrogen functional groups attached to an aromatic ring is 1. The number of nitrogens with two attached hydrogens (primary N) is 1. The quantitative estimate of drug-likeness (QED) is 0.873. The molecule has 4 nitrogen and oxygen atoms in total. The van der Waals surface area contributed by atoms with Crippen molar-refractivity contribution in [2.75, 3.05) is 12.8 Å². The summed E-state index contributed by atoms with van der Waals surface area (Å²) in [5, 5.41) is 0.349. The standard InChI is InChI=1S/C13H19ClN2O2S/c1-9-12(15)7-10(14)8-13(9)19(17,18)16(2)11-5-3-4-6-11/h7-8,11H,3-6,15H2,1-2H3. The molecule has 2 N–H and O–H groups in total. The molecule has 0 amide bonds. The number of hydrogen-bond acceptors (Lipinski definition) is 3. The van der Waals surface area contributed by atoms with Crippen LogP contribution in [0.25, 0.3) is 0 Å². The van der Waals surface area contributed by atoms with Crippen LogP contribution in [0.1, 0.15) is 31.2 Å². The molecule has 1 aliphatic carbocycles. The van der Waals surface area contributed by atoms with E-state index in [9.17, 15) is 8.42 Å². The van der Waals surface area contributed by atoms with Gasteiger partial charge in [-0.2, -0.15) is 4.31 Å². The smallest absolute Gasteiger partial charge is 0.243 e. The number of hydrogen-bond donors (Lipinski definition) is 1. The van der Waals surface area contributed by atoms with Crippen molar-refractivity contribution >= 4 is 27.3 Å². The maximum absolute atomic E-state index is 12.7. The lowest BCUT2D eigenvalue weighted by Gasteiger charge is -2.24. The van der Waals surface area contributed by atoms with Crippen LogP contribution >= 0.6 is 11.6 Å². The van der Waals surface area contributed by atoms with Gasteiger partial charge in [-0.25, -0.2) is 8.42 Å². The highest BCUT2D eigenvalue weighted by atomic mass is 35.5. The van der Waals surface area contributed by atoms with Crippen LogP contribution in [0.15, 0.2) is 17.0 Å². The molecule has 1 aromatic rings. The Kier molecular flexibility index (Phi) is 4.08. The highest BCUT2D eigenvalue weighted by Gasteiger charge is 2.31. The first kappa shape index (κ1) is 14.6. The van der Waals surface area contributed by atoms with Crippen molar-refractivity contribution in [3.05, 3.63) is 22.7 Å². The van der Waals surface area contributed by atoms with Gasteiger partial charge in [0.2, 0.25) is 10.0 Å². The second-order valence-corrected chi connectivity index (χ2v) is 7.48. The molecule has 0 aliphatic heterocycles. The molecule has 1 fully saturated rings. The minimum atomic E-state index is -3.53. The zero-order valence-corrected chi connectivity index (χ0v) is 12.8. The summed E-state index contributed by atoms with van der Waals surface area (Å²) in [5.74, 6) is 0. The van der Waals surface area contributed by atoms with E-state index < -0.39 is 10.0 Å². The first-order valence-corrected chi connectivity index (χ1v) is 8.19. The number of nitrogens with zero attached hydrogens (tertiary/aromatic N) is 1. The van der Waals surface area contributed by atoms with E-state index in [1.165, 1.54) is 10.4 Å². The molecule has 0 heterocycles. The van der Waals surface area contributed by atoms with E-state index in [0.717, 1.165) is 25.7 Å². The fourth-order valence-electron chi connectivity index (χ4n) is 2.56. The topological polar surface area (TPSA) is 63.4 Å². The summed E-state index contributed by atoms with van der Waals surface area (Å²) in [4.78, 5) is 0.215. The Bertz CT molecular complexity index is 581. The summed E-state index contributed by atoms with van der Waals surface area (Å²) in [6.07, 6.45) is 4.01. The predicted octanol–water partition coefficient (Wildman–Crippen LogP) is 2.79. The first-order chi connectivity index (χ1) is 8.84. The van der Waals surface area contributed by atoms with E-state index in [2.05, 4.69) is 0 Å². The largest absolute Gasteiger partial charge is 0.398 e. The minimum Gasteiger partial charge on any atom is -0.398 e. The molecule has 106 valence electrons. The van der Waals surface area contributed by atoms with Gasteiger partial charge in [0.1, 0.15) is 0 Å². The SMILES string of the molecule is Cc1c(N)cc(Cl)cc1S(=O)(=O)N(C)C1CCCC1. The Balaban J connectivity index is 2.44. The molecular formula is C13H19ClN2O2S. The van der Waals surface area contributed by atoms with Gasteiger partial charge >= 0.3 is 0 Å². The van der Waals surface area contributed by atoms with Gasteiger partial charge in [-0.1, -0.05) is 24.4 Å². The van der Waals surface area contributed by atoms with E-state index >= 15 is 0 Å². The average molecular weight is 303 g/mol. The summed E-state index contributed by atoms with van der Waals surface area (Å²) in [6, 6.07) is 3.14. The zero-order chi connectivity index (χ0) is 14.2. The molecule has 19 heavy (non-hydrogen) atoms. The third kappa shape index (κ3) is 2.73. The van der Waals surface area contributed by atoms with Crippen molar-refractivity contribution in [2.45, 2.75) is 43.5 Å². The highest BCUT2D eigenvalue weighted by molar-refractivity contribution is 7.89. The second-order valence-electron chi connectivity index (χ2n) is 5.08. The molecule has 0 atom stereocenters. The van der Waals surface area contributed by atoms with Crippen LogP contribution in [0.4, 0.5) is 5.69 Å². The normalized spacial score (nSPS) is 17.3. The van der Waals surface area contributed by atoms with Crippen LogP contribution in [0.2, 0.25) is 5.02 Å². The summed E-state index contributed by atoms with van der Waals surface area (Å²) >= 11 is 5.93. The molecule has 0 bridgehead atoms. The maximum atomic E-state index is 12.7. The Morgan fingerprint density at radius 1 is 1.32 bits per heavy atom. The van der Waals surface area contributed by atoms with Gasteiger partial charge in [0.25, 0.3) is 0 Å². The van der Waals surface area contributed by atoms with Gasteiger partial charge in [-0.15, -0.1) is 0 Å².